The van der Waals surface area contributed by atoms with E-state index in [1.807, 2.05) is 33.6 Å². The number of aliphatic hydroxyl groups is 1. The topological polar surface area (TPSA) is 46.5 Å². The molecule has 0 aliphatic heterocycles. The monoisotopic (exact) mass is 224 g/mol. The molecule has 0 aromatic carbocycles. The van der Waals surface area contributed by atoms with Gasteiger partial charge < -0.3 is 9.84 Å². The van der Waals surface area contributed by atoms with Gasteiger partial charge in [-0.05, 0) is 17.9 Å². The standard InChI is InChI=1S/C13H20O3/c1-6-13(15)16-12(10(4)5)8-7-11(14)9(2)3/h1,7-12,14H,2-5H3/b8-7+. The third kappa shape index (κ3) is 5.57. The van der Waals surface area contributed by atoms with Crippen LogP contribution in [0.2, 0.25) is 0 Å². The van der Waals surface area contributed by atoms with Gasteiger partial charge in [-0.25, -0.2) is 4.79 Å². The Hall–Kier alpha value is -1.27. The van der Waals surface area contributed by atoms with Crippen LogP contribution in [0.25, 0.3) is 0 Å². The Kier molecular flexibility index (Phi) is 6.52. The predicted molar refractivity (Wildman–Crippen MR) is 63.5 cm³/mol. The number of aliphatic hydroxyl groups excluding tert-OH is 1. The molecule has 3 nitrogen and oxygen atoms in total. The van der Waals surface area contributed by atoms with Crippen molar-refractivity contribution in [1.29, 1.82) is 0 Å². The molecule has 0 aliphatic carbocycles. The molecule has 0 aliphatic rings. The van der Waals surface area contributed by atoms with Gasteiger partial charge in [0.15, 0.2) is 0 Å². The predicted octanol–water partition coefficient (Wildman–Crippen LogP) is 1.76. The van der Waals surface area contributed by atoms with Crippen LogP contribution < -0.4 is 0 Å². The van der Waals surface area contributed by atoms with Gasteiger partial charge in [-0.2, -0.15) is 0 Å². The summed E-state index contributed by atoms with van der Waals surface area (Å²) in [4.78, 5) is 11.0. The van der Waals surface area contributed by atoms with E-state index in [2.05, 4.69) is 0 Å². The summed E-state index contributed by atoms with van der Waals surface area (Å²) in [5.41, 5.74) is 0. The Balaban J connectivity index is 4.46. The summed E-state index contributed by atoms with van der Waals surface area (Å²) >= 11 is 0. The molecule has 90 valence electrons. The SMILES string of the molecule is C#CC(=O)OC(/C=C/C(O)C(C)C)C(C)C. The van der Waals surface area contributed by atoms with Crippen LogP contribution in [0.5, 0.6) is 0 Å². The maximum absolute atomic E-state index is 11.0. The lowest BCUT2D eigenvalue weighted by atomic mass is 10.0. The van der Waals surface area contributed by atoms with E-state index < -0.39 is 18.2 Å². The maximum Gasteiger partial charge on any atom is 0.384 e. The van der Waals surface area contributed by atoms with Crippen molar-refractivity contribution in [3.8, 4) is 12.3 Å². The fraction of sp³-hybridized carbons (Fsp3) is 0.615. The lowest BCUT2D eigenvalue weighted by Crippen LogP contribution is -2.22. The van der Waals surface area contributed by atoms with Crippen LogP contribution in [0.3, 0.4) is 0 Å². The highest BCUT2D eigenvalue weighted by Crippen LogP contribution is 2.11. The van der Waals surface area contributed by atoms with E-state index in [1.165, 1.54) is 0 Å². The Labute approximate surface area is 97.5 Å². The summed E-state index contributed by atoms with van der Waals surface area (Å²) in [7, 11) is 0. The summed E-state index contributed by atoms with van der Waals surface area (Å²) in [6.45, 7) is 7.65. The number of hydrogen-bond donors (Lipinski definition) is 1. The Morgan fingerprint density at radius 2 is 1.81 bits per heavy atom. The molecule has 0 rings (SSSR count). The molecule has 2 unspecified atom stereocenters. The van der Waals surface area contributed by atoms with E-state index >= 15 is 0 Å². The largest absolute Gasteiger partial charge is 0.448 e. The molecule has 0 heterocycles. The number of carbonyl (C=O) groups is 1. The average Bonchev–Trinajstić information content (AvgIpc) is 2.22. The number of esters is 1. The molecular formula is C13H20O3. The van der Waals surface area contributed by atoms with Crippen molar-refractivity contribution < 1.29 is 14.6 Å². The molecule has 0 fully saturated rings. The summed E-state index contributed by atoms with van der Waals surface area (Å²) in [5.74, 6) is 1.48. The lowest BCUT2D eigenvalue weighted by Gasteiger charge is -2.17. The van der Waals surface area contributed by atoms with Crippen LogP contribution in [0, 0.1) is 24.2 Å². The first-order valence-electron chi connectivity index (χ1n) is 5.42. The molecule has 0 spiro atoms. The van der Waals surface area contributed by atoms with Crippen molar-refractivity contribution >= 4 is 5.97 Å². The molecule has 0 bridgehead atoms. The van der Waals surface area contributed by atoms with Gasteiger partial charge in [0.25, 0.3) is 0 Å². The van der Waals surface area contributed by atoms with E-state index in [-0.39, 0.29) is 11.8 Å². The van der Waals surface area contributed by atoms with Crippen molar-refractivity contribution in [3.05, 3.63) is 12.2 Å². The third-order valence-corrected chi connectivity index (χ3v) is 2.20. The molecule has 2 atom stereocenters. The van der Waals surface area contributed by atoms with E-state index in [0.29, 0.717) is 0 Å². The zero-order valence-electron chi connectivity index (χ0n) is 10.3. The minimum Gasteiger partial charge on any atom is -0.448 e. The second-order valence-corrected chi connectivity index (χ2v) is 4.38. The summed E-state index contributed by atoms with van der Waals surface area (Å²) in [6, 6.07) is 0. The van der Waals surface area contributed by atoms with E-state index in [4.69, 9.17) is 11.2 Å². The fourth-order valence-corrected chi connectivity index (χ4v) is 1.00. The van der Waals surface area contributed by atoms with Crippen LogP contribution in [-0.2, 0) is 9.53 Å². The lowest BCUT2D eigenvalue weighted by molar-refractivity contribution is -0.141. The number of hydrogen-bond acceptors (Lipinski definition) is 3. The van der Waals surface area contributed by atoms with Crippen LogP contribution >= 0.6 is 0 Å². The van der Waals surface area contributed by atoms with Crippen molar-refractivity contribution in [1.82, 2.24) is 0 Å². The highest BCUT2D eigenvalue weighted by atomic mass is 16.5. The van der Waals surface area contributed by atoms with Gasteiger partial charge in [0, 0.05) is 5.92 Å². The number of rotatable bonds is 5. The summed E-state index contributed by atoms with van der Waals surface area (Å²) < 4.78 is 5.02. The molecule has 0 aromatic rings. The van der Waals surface area contributed by atoms with Gasteiger partial charge in [-0.1, -0.05) is 33.8 Å². The molecule has 0 amide bonds. The number of carbonyl (C=O) groups excluding carboxylic acids is 1. The molecular weight excluding hydrogens is 204 g/mol. The Bertz CT molecular complexity index is 284. The first kappa shape index (κ1) is 14.7. The van der Waals surface area contributed by atoms with Crippen LogP contribution in [0.4, 0.5) is 0 Å². The summed E-state index contributed by atoms with van der Waals surface area (Å²) in [6.07, 6.45) is 7.32. The normalized spacial score (nSPS) is 15.1. The van der Waals surface area contributed by atoms with Gasteiger partial charge in [0.1, 0.15) is 6.10 Å². The maximum atomic E-state index is 11.0. The summed E-state index contributed by atoms with van der Waals surface area (Å²) in [5, 5.41) is 9.58. The Morgan fingerprint density at radius 3 is 2.19 bits per heavy atom. The van der Waals surface area contributed by atoms with Gasteiger partial charge in [-0.15, -0.1) is 6.42 Å². The fourth-order valence-electron chi connectivity index (χ4n) is 1.00. The van der Waals surface area contributed by atoms with Crippen molar-refractivity contribution in [2.75, 3.05) is 0 Å². The molecule has 0 saturated heterocycles. The minimum absolute atomic E-state index is 0.118. The zero-order valence-corrected chi connectivity index (χ0v) is 10.3. The van der Waals surface area contributed by atoms with E-state index in [9.17, 15) is 9.90 Å². The first-order valence-corrected chi connectivity index (χ1v) is 5.42. The number of terminal acetylenes is 1. The van der Waals surface area contributed by atoms with Crippen LogP contribution in [-0.4, -0.2) is 23.3 Å². The second-order valence-electron chi connectivity index (χ2n) is 4.38. The van der Waals surface area contributed by atoms with Crippen molar-refractivity contribution in [2.45, 2.75) is 39.9 Å². The molecule has 1 N–H and O–H groups in total. The third-order valence-electron chi connectivity index (χ3n) is 2.20. The molecule has 3 heteroatoms. The van der Waals surface area contributed by atoms with E-state index in [1.54, 1.807) is 12.2 Å². The first-order chi connectivity index (χ1) is 7.38. The van der Waals surface area contributed by atoms with Gasteiger partial charge in [-0.3, -0.25) is 0 Å². The zero-order chi connectivity index (χ0) is 12.7. The molecule has 0 aromatic heterocycles. The molecule has 0 saturated carbocycles. The number of ether oxygens (including phenoxy) is 1. The second kappa shape index (κ2) is 7.08. The van der Waals surface area contributed by atoms with E-state index in [0.717, 1.165) is 0 Å². The van der Waals surface area contributed by atoms with Crippen LogP contribution in [0.15, 0.2) is 12.2 Å². The van der Waals surface area contributed by atoms with Gasteiger partial charge >= 0.3 is 5.97 Å². The quantitative estimate of drug-likeness (QED) is 0.335. The average molecular weight is 224 g/mol. The molecule has 16 heavy (non-hydrogen) atoms. The highest BCUT2D eigenvalue weighted by molar-refractivity contribution is 5.87. The van der Waals surface area contributed by atoms with Gasteiger partial charge in [0.05, 0.1) is 6.10 Å². The highest BCUT2D eigenvalue weighted by Gasteiger charge is 2.15. The van der Waals surface area contributed by atoms with Crippen LogP contribution in [0.1, 0.15) is 27.7 Å². The molecule has 0 radical (unpaired) electrons. The van der Waals surface area contributed by atoms with Crippen molar-refractivity contribution in [3.63, 3.8) is 0 Å². The van der Waals surface area contributed by atoms with Crippen molar-refractivity contribution in [2.24, 2.45) is 11.8 Å². The Morgan fingerprint density at radius 1 is 1.25 bits per heavy atom. The minimum atomic E-state index is -0.678. The smallest absolute Gasteiger partial charge is 0.384 e. The van der Waals surface area contributed by atoms with Gasteiger partial charge in [0.2, 0.25) is 0 Å².